The Morgan fingerprint density at radius 3 is 2.42 bits per heavy atom. The molecule has 0 aliphatic carbocycles. The van der Waals surface area contributed by atoms with E-state index in [1.165, 1.54) is 0 Å². The number of cyclic esters (lactones) is 1. The second-order valence-corrected chi connectivity index (χ2v) is 15.1. The van der Waals surface area contributed by atoms with Gasteiger partial charge in [0, 0.05) is 20.0 Å². The van der Waals surface area contributed by atoms with Crippen LogP contribution in [0.3, 0.4) is 0 Å². The fourth-order valence-corrected chi connectivity index (χ4v) is 7.78. The minimum atomic E-state index is -0.832. The maximum absolute atomic E-state index is 13.9. The normalized spacial score (nSPS) is 27.3. The number of aryl methyl sites for hydroxylation is 1. The second-order valence-electron chi connectivity index (χ2n) is 15.1. The van der Waals surface area contributed by atoms with Crippen molar-refractivity contribution in [2.45, 2.75) is 147 Å². The van der Waals surface area contributed by atoms with Gasteiger partial charge in [-0.1, -0.05) is 49.4 Å². The van der Waals surface area contributed by atoms with Crippen molar-refractivity contribution in [2.75, 3.05) is 13.9 Å². The van der Waals surface area contributed by atoms with E-state index in [4.69, 9.17) is 28.4 Å². The first-order valence-electron chi connectivity index (χ1n) is 18.8. The molecule has 0 unspecified atom stereocenters. The van der Waals surface area contributed by atoms with Crippen LogP contribution in [0.15, 0.2) is 48.5 Å². The van der Waals surface area contributed by atoms with Gasteiger partial charge in [-0.05, 0) is 108 Å². The summed E-state index contributed by atoms with van der Waals surface area (Å²) < 4.78 is 36.8. The highest BCUT2D eigenvalue weighted by molar-refractivity contribution is 5.94. The number of ether oxygens (including phenoxy) is 6. The Morgan fingerprint density at radius 2 is 1.64 bits per heavy atom. The Bertz CT molecular complexity index is 1360. The van der Waals surface area contributed by atoms with Crippen molar-refractivity contribution in [1.82, 2.24) is 0 Å². The van der Waals surface area contributed by atoms with Gasteiger partial charge in [-0.2, -0.15) is 0 Å². The summed E-state index contributed by atoms with van der Waals surface area (Å²) in [6, 6.07) is 14.9. The molecular formula is C41H58O9. The van der Waals surface area contributed by atoms with Crippen LogP contribution in [0, 0.1) is 11.3 Å². The first-order valence-corrected chi connectivity index (χ1v) is 18.8. The van der Waals surface area contributed by atoms with Crippen molar-refractivity contribution in [3.63, 3.8) is 0 Å². The van der Waals surface area contributed by atoms with Crippen molar-refractivity contribution >= 4 is 11.9 Å². The minimum absolute atomic E-state index is 0.0205. The zero-order valence-electron chi connectivity index (χ0n) is 30.5. The highest BCUT2D eigenvalue weighted by atomic mass is 16.7. The summed E-state index contributed by atoms with van der Waals surface area (Å²) in [4.78, 5) is 27.1. The number of fused-ring (bicyclic) bond motifs is 3. The average molecular weight is 695 g/mol. The van der Waals surface area contributed by atoms with Crippen LogP contribution >= 0.6 is 0 Å². The maximum atomic E-state index is 13.9. The lowest BCUT2D eigenvalue weighted by Gasteiger charge is -2.39. The maximum Gasteiger partial charge on any atom is 0.342 e. The highest BCUT2D eigenvalue weighted by Gasteiger charge is 2.42. The molecule has 0 radical (unpaired) electrons. The third-order valence-electron chi connectivity index (χ3n) is 10.9. The molecule has 9 heteroatoms. The van der Waals surface area contributed by atoms with E-state index in [2.05, 4.69) is 6.92 Å². The molecule has 0 saturated carbocycles. The number of carbonyl (C=O) groups excluding carboxylic acids is 2. The number of benzene rings is 2. The SMILES string of the molecule is COCO[C@@H](C[C@@H]1CCC[C@H](C(C)(C)C(=O)OCc2ccccc2)O1)C[C@H]1OC(=O)c2c(O)cccc2CCC[C@H]2CCC[C@@H](CC[C@@H]1C)O2. The Balaban J connectivity index is 1.29. The van der Waals surface area contributed by atoms with Gasteiger partial charge in [0.1, 0.15) is 30.8 Å². The second kappa shape index (κ2) is 18.5. The van der Waals surface area contributed by atoms with Crippen LogP contribution in [-0.2, 0) is 46.2 Å². The van der Waals surface area contributed by atoms with Crippen LogP contribution in [0.2, 0.25) is 0 Å². The summed E-state index contributed by atoms with van der Waals surface area (Å²) in [5.41, 5.74) is 1.16. The zero-order chi connectivity index (χ0) is 35.5. The molecule has 2 bridgehead atoms. The molecule has 2 saturated heterocycles. The van der Waals surface area contributed by atoms with Crippen LogP contribution in [-0.4, -0.2) is 67.6 Å². The van der Waals surface area contributed by atoms with Crippen molar-refractivity contribution in [3.05, 3.63) is 65.2 Å². The molecule has 2 fully saturated rings. The Hall–Kier alpha value is -2.98. The smallest absolute Gasteiger partial charge is 0.342 e. The number of hydrogen-bond acceptors (Lipinski definition) is 9. The lowest BCUT2D eigenvalue weighted by Crippen LogP contribution is -2.45. The van der Waals surface area contributed by atoms with Crippen molar-refractivity contribution in [1.29, 1.82) is 0 Å². The molecule has 3 aliphatic rings. The Kier molecular flexibility index (Phi) is 14.1. The monoisotopic (exact) mass is 694 g/mol. The summed E-state index contributed by atoms with van der Waals surface area (Å²) in [5, 5.41) is 10.8. The largest absolute Gasteiger partial charge is 0.507 e. The minimum Gasteiger partial charge on any atom is -0.507 e. The van der Waals surface area contributed by atoms with Gasteiger partial charge in [0.05, 0.1) is 35.9 Å². The van der Waals surface area contributed by atoms with Crippen LogP contribution in [0.4, 0.5) is 0 Å². The number of rotatable bonds is 11. The molecule has 2 aromatic carbocycles. The lowest BCUT2D eigenvalue weighted by atomic mass is 9.81. The molecule has 9 nitrogen and oxygen atoms in total. The quantitative estimate of drug-likeness (QED) is 0.184. The number of esters is 2. The molecule has 2 aromatic rings. The van der Waals surface area contributed by atoms with Gasteiger partial charge in [-0.25, -0.2) is 4.79 Å². The summed E-state index contributed by atoms with van der Waals surface area (Å²) in [6.45, 7) is 6.23. The van der Waals surface area contributed by atoms with Crippen LogP contribution in [0.5, 0.6) is 5.75 Å². The summed E-state index contributed by atoms with van der Waals surface area (Å²) in [7, 11) is 1.59. The number of phenols is 1. The molecule has 276 valence electrons. The predicted octanol–water partition coefficient (Wildman–Crippen LogP) is 8.08. The molecule has 5 rings (SSSR count). The first-order chi connectivity index (χ1) is 24.1. The van der Waals surface area contributed by atoms with E-state index in [9.17, 15) is 14.7 Å². The van der Waals surface area contributed by atoms with Crippen LogP contribution < -0.4 is 0 Å². The lowest BCUT2D eigenvalue weighted by molar-refractivity contribution is -0.177. The van der Waals surface area contributed by atoms with Gasteiger partial charge in [0.25, 0.3) is 0 Å². The van der Waals surface area contributed by atoms with E-state index < -0.39 is 17.5 Å². The van der Waals surface area contributed by atoms with Crippen molar-refractivity contribution in [3.8, 4) is 5.75 Å². The molecule has 1 N–H and O–H groups in total. The first kappa shape index (κ1) is 38.3. The summed E-state index contributed by atoms with van der Waals surface area (Å²) in [5.74, 6) is -0.819. The van der Waals surface area contributed by atoms with Crippen LogP contribution in [0.1, 0.15) is 119 Å². The molecule has 0 amide bonds. The fraction of sp³-hybridized carbons (Fsp3) is 0.659. The van der Waals surface area contributed by atoms with Crippen molar-refractivity contribution in [2.24, 2.45) is 11.3 Å². The molecule has 50 heavy (non-hydrogen) atoms. The van der Waals surface area contributed by atoms with Gasteiger partial charge in [0.2, 0.25) is 0 Å². The average Bonchev–Trinajstić information content (AvgIpc) is 3.11. The number of methoxy groups -OCH3 is 1. The third kappa shape index (κ3) is 10.5. The number of hydrogen-bond donors (Lipinski definition) is 1. The molecule has 7 atom stereocenters. The Morgan fingerprint density at radius 1 is 0.900 bits per heavy atom. The summed E-state index contributed by atoms with van der Waals surface area (Å²) >= 11 is 0. The number of aromatic hydroxyl groups is 1. The van der Waals surface area contributed by atoms with Gasteiger partial charge in [0.15, 0.2) is 0 Å². The van der Waals surface area contributed by atoms with E-state index in [-0.39, 0.29) is 67.1 Å². The number of carbonyl (C=O) groups is 2. The fourth-order valence-electron chi connectivity index (χ4n) is 7.78. The standard InChI is InChI=1S/C41H58O9/c1-28-22-23-32-18-10-17-31(48-32)16-8-14-30-15-9-20-35(42)38(30)39(43)50-36(28)25-34(47-27-45-4)24-33-19-11-21-37(49-33)41(2,3)40(44)46-26-29-12-6-5-7-13-29/h5-7,9,12-13,15,20,28,31-34,36-37,42H,8,10-11,14,16-19,21-27H2,1-4H3/t28-,31-,32-,33-,34-,36+,37+/m0/s1. The molecule has 3 heterocycles. The van der Waals surface area contributed by atoms with Gasteiger partial charge in [-0.15, -0.1) is 0 Å². The van der Waals surface area contributed by atoms with E-state index in [1.54, 1.807) is 19.2 Å². The van der Waals surface area contributed by atoms with Gasteiger partial charge >= 0.3 is 11.9 Å². The van der Waals surface area contributed by atoms with E-state index in [0.29, 0.717) is 19.3 Å². The van der Waals surface area contributed by atoms with Crippen molar-refractivity contribution < 1.29 is 43.1 Å². The molecular weight excluding hydrogens is 636 g/mol. The highest BCUT2D eigenvalue weighted by Crippen LogP contribution is 2.37. The van der Waals surface area contributed by atoms with E-state index >= 15 is 0 Å². The number of phenolic OH excluding ortho intramolecular Hbond substituents is 1. The molecule has 0 aromatic heterocycles. The molecule has 3 aliphatic heterocycles. The zero-order valence-corrected chi connectivity index (χ0v) is 30.5. The predicted molar refractivity (Wildman–Crippen MR) is 190 cm³/mol. The van der Waals surface area contributed by atoms with Crippen LogP contribution in [0.25, 0.3) is 0 Å². The van der Waals surface area contributed by atoms with Gasteiger partial charge in [-0.3, -0.25) is 4.79 Å². The molecule has 0 spiro atoms. The van der Waals surface area contributed by atoms with Gasteiger partial charge < -0.3 is 33.5 Å². The topological polar surface area (TPSA) is 110 Å². The third-order valence-corrected chi connectivity index (χ3v) is 10.9. The Labute approximate surface area is 298 Å². The van der Waals surface area contributed by atoms with E-state index in [0.717, 1.165) is 75.3 Å². The summed E-state index contributed by atoms with van der Waals surface area (Å²) in [6.07, 6.45) is 10.2. The van der Waals surface area contributed by atoms with E-state index in [1.807, 2.05) is 50.2 Å².